The zero-order valence-corrected chi connectivity index (χ0v) is 16.9. The van der Waals surface area contributed by atoms with Crippen molar-refractivity contribution >= 4 is 31.9 Å². The van der Waals surface area contributed by atoms with Crippen molar-refractivity contribution in [1.82, 2.24) is 0 Å². The van der Waals surface area contributed by atoms with Crippen molar-refractivity contribution < 1.29 is 9.47 Å². The van der Waals surface area contributed by atoms with Crippen LogP contribution >= 0.6 is 31.9 Å². The molecule has 0 aliphatic carbocycles. The molecule has 22 heavy (non-hydrogen) atoms. The van der Waals surface area contributed by atoms with Gasteiger partial charge in [-0.15, -0.1) is 0 Å². The van der Waals surface area contributed by atoms with Crippen LogP contribution in [0.1, 0.15) is 22.3 Å². The fourth-order valence-corrected chi connectivity index (χ4v) is 4.11. The predicted molar refractivity (Wildman–Crippen MR) is 99.3 cm³/mol. The van der Waals surface area contributed by atoms with Gasteiger partial charge in [-0.1, -0.05) is 0 Å². The molecule has 2 aromatic carbocycles. The number of hydrogen-bond acceptors (Lipinski definition) is 2. The summed E-state index contributed by atoms with van der Waals surface area (Å²) in [4.78, 5) is 0. The molecule has 0 atom stereocenters. The van der Waals surface area contributed by atoms with Crippen LogP contribution in [-0.4, -0.2) is 14.2 Å². The Morgan fingerprint density at radius 1 is 0.682 bits per heavy atom. The second kappa shape index (κ2) is 6.63. The number of ether oxygens (including phenoxy) is 2. The molecular formula is C18H20Br2O2. The smallest absolute Gasteiger partial charge is 0.141 e. The lowest BCUT2D eigenvalue weighted by Crippen LogP contribution is -2.01. The van der Waals surface area contributed by atoms with Crippen LogP contribution in [0.4, 0.5) is 0 Å². The lowest BCUT2D eigenvalue weighted by atomic mass is 9.90. The molecule has 0 fully saturated rings. The molecule has 0 saturated heterocycles. The van der Waals surface area contributed by atoms with Crippen LogP contribution in [0.5, 0.6) is 11.5 Å². The average Bonchev–Trinajstić information content (AvgIpc) is 2.46. The molecule has 0 bridgehead atoms. The van der Waals surface area contributed by atoms with Gasteiger partial charge in [0.1, 0.15) is 11.5 Å². The molecule has 2 rings (SSSR count). The van der Waals surface area contributed by atoms with Gasteiger partial charge < -0.3 is 9.47 Å². The van der Waals surface area contributed by atoms with Crippen LogP contribution in [0.2, 0.25) is 0 Å². The van der Waals surface area contributed by atoms with E-state index in [9.17, 15) is 0 Å². The Morgan fingerprint density at radius 3 is 1.27 bits per heavy atom. The van der Waals surface area contributed by atoms with E-state index >= 15 is 0 Å². The standard InChI is InChI=1S/C18H20Br2O2/c1-9-7-13(19)17(21-5)15(11(9)3)16-12(4)10(2)8-14(20)18(16)22-6/h7-8H,1-6H3. The summed E-state index contributed by atoms with van der Waals surface area (Å²) in [6.07, 6.45) is 0. The highest BCUT2D eigenvalue weighted by Gasteiger charge is 2.22. The van der Waals surface area contributed by atoms with E-state index in [-0.39, 0.29) is 0 Å². The van der Waals surface area contributed by atoms with Crippen molar-refractivity contribution in [3.05, 3.63) is 43.3 Å². The molecule has 4 heteroatoms. The topological polar surface area (TPSA) is 18.5 Å². The number of hydrogen-bond donors (Lipinski definition) is 0. The van der Waals surface area contributed by atoms with Crippen LogP contribution in [0, 0.1) is 27.7 Å². The van der Waals surface area contributed by atoms with E-state index in [1.807, 2.05) is 0 Å². The summed E-state index contributed by atoms with van der Waals surface area (Å²) in [7, 11) is 3.40. The molecule has 0 saturated carbocycles. The fourth-order valence-electron chi connectivity index (χ4n) is 2.70. The zero-order valence-electron chi connectivity index (χ0n) is 13.7. The van der Waals surface area contributed by atoms with Crippen molar-refractivity contribution in [2.45, 2.75) is 27.7 Å². The highest BCUT2D eigenvalue weighted by atomic mass is 79.9. The van der Waals surface area contributed by atoms with Crippen molar-refractivity contribution in [3.63, 3.8) is 0 Å². The number of benzene rings is 2. The molecule has 2 nitrogen and oxygen atoms in total. The van der Waals surface area contributed by atoms with Gasteiger partial charge in [-0.3, -0.25) is 0 Å². The second-order valence-electron chi connectivity index (χ2n) is 5.42. The first-order valence-corrected chi connectivity index (χ1v) is 8.59. The highest BCUT2D eigenvalue weighted by Crippen LogP contribution is 2.48. The van der Waals surface area contributed by atoms with Crippen molar-refractivity contribution in [2.24, 2.45) is 0 Å². The van der Waals surface area contributed by atoms with Gasteiger partial charge in [0.05, 0.1) is 23.2 Å². The first kappa shape index (κ1) is 17.4. The third-order valence-corrected chi connectivity index (χ3v) is 5.34. The minimum Gasteiger partial charge on any atom is -0.495 e. The van der Waals surface area contributed by atoms with E-state index < -0.39 is 0 Å². The molecular weight excluding hydrogens is 408 g/mol. The molecule has 0 aromatic heterocycles. The first-order chi connectivity index (χ1) is 10.3. The number of halogens is 2. The summed E-state index contributed by atoms with van der Waals surface area (Å²) in [6, 6.07) is 4.18. The van der Waals surface area contributed by atoms with Crippen LogP contribution in [-0.2, 0) is 0 Å². The lowest BCUT2D eigenvalue weighted by Gasteiger charge is -2.22. The molecule has 0 unspecified atom stereocenters. The van der Waals surface area contributed by atoms with Crippen LogP contribution < -0.4 is 9.47 Å². The molecule has 118 valence electrons. The number of aryl methyl sites for hydroxylation is 2. The van der Waals surface area contributed by atoms with Gasteiger partial charge in [0.25, 0.3) is 0 Å². The lowest BCUT2D eigenvalue weighted by molar-refractivity contribution is 0.407. The molecule has 0 aliphatic heterocycles. The SMILES string of the molecule is COc1c(Br)cc(C)c(C)c1-c1c(C)c(C)cc(Br)c1OC. The average molecular weight is 428 g/mol. The van der Waals surface area contributed by atoms with Gasteiger partial charge in [0.2, 0.25) is 0 Å². The van der Waals surface area contributed by atoms with Crippen LogP contribution in [0.3, 0.4) is 0 Å². The summed E-state index contributed by atoms with van der Waals surface area (Å²) < 4.78 is 13.3. The fraction of sp³-hybridized carbons (Fsp3) is 0.333. The summed E-state index contributed by atoms with van der Waals surface area (Å²) in [5.41, 5.74) is 6.96. The van der Waals surface area contributed by atoms with E-state index in [4.69, 9.17) is 9.47 Å². The summed E-state index contributed by atoms with van der Waals surface area (Å²) in [6.45, 7) is 8.45. The Balaban J connectivity index is 3.00. The number of methoxy groups -OCH3 is 2. The van der Waals surface area contributed by atoms with Crippen molar-refractivity contribution in [1.29, 1.82) is 0 Å². The molecule has 0 aliphatic rings. The Labute approximate surface area is 149 Å². The molecule has 0 radical (unpaired) electrons. The maximum absolute atomic E-state index is 5.68. The zero-order chi connectivity index (χ0) is 16.6. The van der Waals surface area contributed by atoms with E-state index in [1.54, 1.807) is 14.2 Å². The van der Waals surface area contributed by atoms with Gasteiger partial charge in [-0.2, -0.15) is 0 Å². The van der Waals surface area contributed by atoms with Crippen LogP contribution in [0.25, 0.3) is 11.1 Å². The van der Waals surface area contributed by atoms with E-state index in [0.29, 0.717) is 0 Å². The largest absolute Gasteiger partial charge is 0.495 e. The molecule has 2 aromatic rings. The third kappa shape index (κ3) is 2.79. The predicted octanol–water partition coefficient (Wildman–Crippen LogP) is 6.13. The van der Waals surface area contributed by atoms with Gasteiger partial charge in [-0.05, 0) is 93.9 Å². The molecule has 0 heterocycles. The first-order valence-electron chi connectivity index (χ1n) is 7.01. The molecule has 0 N–H and O–H groups in total. The summed E-state index contributed by atoms with van der Waals surface area (Å²) in [5, 5.41) is 0. The van der Waals surface area contributed by atoms with Gasteiger partial charge in [0, 0.05) is 11.1 Å². The summed E-state index contributed by atoms with van der Waals surface area (Å²) in [5.74, 6) is 1.67. The molecule has 0 spiro atoms. The minimum absolute atomic E-state index is 0.835. The Morgan fingerprint density at radius 2 is 1.00 bits per heavy atom. The van der Waals surface area contributed by atoms with Gasteiger partial charge in [-0.25, -0.2) is 0 Å². The Kier molecular flexibility index (Phi) is 5.23. The van der Waals surface area contributed by atoms with Crippen molar-refractivity contribution in [2.75, 3.05) is 14.2 Å². The summed E-state index contributed by atoms with van der Waals surface area (Å²) >= 11 is 7.24. The second-order valence-corrected chi connectivity index (χ2v) is 7.13. The Hall–Kier alpha value is -1.00. The van der Waals surface area contributed by atoms with Crippen LogP contribution in [0.15, 0.2) is 21.1 Å². The van der Waals surface area contributed by atoms with Gasteiger partial charge in [0.15, 0.2) is 0 Å². The highest BCUT2D eigenvalue weighted by molar-refractivity contribution is 9.11. The Bertz CT molecular complexity index is 673. The van der Waals surface area contributed by atoms with Crippen molar-refractivity contribution in [3.8, 4) is 22.6 Å². The van der Waals surface area contributed by atoms with E-state index in [2.05, 4.69) is 71.7 Å². The monoisotopic (exact) mass is 426 g/mol. The maximum atomic E-state index is 5.68. The maximum Gasteiger partial charge on any atom is 0.141 e. The normalized spacial score (nSPS) is 10.7. The van der Waals surface area contributed by atoms with Gasteiger partial charge >= 0.3 is 0 Å². The quantitative estimate of drug-likeness (QED) is 0.586. The minimum atomic E-state index is 0.835. The third-order valence-electron chi connectivity index (χ3n) is 4.17. The molecule has 0 amide bonds. The number of rotatable bonds is 3. The van der Waals surface area contributed by atoms with E-state index in [0.717, 1.165) is 31.6 Å². The van der Waals surface area contributed by atoms with E-state index in [1.165, 1.54) is 22.3 Å².